The third-order valence-electron chi connectivity index (χ3n) is 4.58. The Morgan fingerprint density at radius 3 is 2.65 bits per heavy atom. The molecule has 0 heterocycles. The molecule has 0 saturated heterocycles. The maximum atomic E-state index is 6.18. The van der Waals surface area contributed by atoms with Crippen molar-refractivity contribution in [3.05, 3.63) is 76.3 Å². The molecule has 0 spiro atoms. The Morgan fingerprint density at radius 1 is 1.04 bits per heavy atom. The Labute approximate surface area is 168 Å². The van der Waals surface area contributed by atoms with Crippen LogP contribution < -0.4 is 10.1 Å². The van der Waals surface area contributed by atoms with Crippen molar-refractivity contribution in [1.82, 2.24) is 5.32 Å². The average Bonchev–Trinajstić information content (AvgIpc) is 2.66. The van der Waals surface area contributed by atoms with Crippen molar-refractivity contribution < 1.29 is 4.74 Å². The first kappa shape index (κ1) is 20.8. The van der Waals surface area contributed by atoms with E-state index in [4.69, 9.17) is 16.3 Å². The Morgan fingerprint density at radius 2 is 1.88 bits per heavy atom. The summed E-state index contributed by atoms with van der Waals surface area (Å²) in [5, 5.41) is 4.28. The maximum Gasteiger partial charge on any atom is 0.124 e. The summed E-state index contributed by atoms with van der Waals surface area (Å²) in [5.74, 6) is 0.901. The van der Waals surface area contributed by atoms with E-state index in [1.54, 1.807) is 5.57 Å². The van der Waals surface area contributed by atoms with Gasteiger partial charge >= 0.3 is 0 Å². The predicted octanol–water partition coefficient (Wildman–Crippen LogP) is 6.32. The van der Waals surface area contributed by atoms with E-state index < -0.39 is 0 Å². The summed E-state index contributed by atoms with van der Waals surface area (Å²) in [6.45, 7) is 2.34. The van der Waals surface area contributed by atoms with Crippen molar-refractivity contribution in [3.8, 4) is 5.75 Å². The zero-order valence-electron chi connectivity index (χ0n) is 15.0. The van der Waals surface area contributed by atoms with E-state index in [1.165, 1.54) is 31.2 Å². The van der Waals surface area contributed by atoms with Crippen LogP contribution in [-0.4, -0.2) is 6.54 Å². The highest BCUT2D eigenvalue weighted by atomic mass is 35.5. The molecule has 1 N–H and O–H groups in total. The van der Waals surface area contributed by atoms with Crippen molar-refractivity contribution in [3.63, 3.8) is 0 Å². The van der Waals surface area contributed by atoms with Crippen molar-refractivity contribution in [2.75, 3.05) is 6.54 Å². The summed E-state index contributed by atoms with van der Waals surface area (Å²) in [7, 11) is 0. The van der Waals surface area contributed by atoms with Gasteiger partial charge in [0.2, 0.25) is 0 Å². The molecule has 140 valence electrons. The van der Waals surface area contributed by atoms with E-state index in [-0.39, 0.29) is 12.4 Å². The molecule has 1 aliphatic carbocycles. The van der Waals surface area contributed by atoms with Gasteiger partial charge in [-0.05, 0) is 62.4 Å². The van der Waals surface area contributed by atoms with Crippen LogP contribution in [0.4, 0.5) is 0 Å². The SMILES string of the molecule is Cl.Clc1ccc(OCc2ccccc2)c(CNCCC2=CCCCC2)c1. The standard InChI is InChI=1S/C22H26ClNO.ClH/c23-21-11-12-22(25-17-19-9-5-2-6-10-19)20(15-21)16-24-14-13-18-7-3-1-4-8-18;/h2,5-7,9-12,15,24H,1,3-4,8,13-14,16-17H2;1H. The summed E-state index contributed by atoms with van der Waals surface area (Å²) in [5.41, 5.74) is 3.88. The Balaban J connectivity index is 0.00000243. The van der Waals surface area contributed by atoms with Gasteiger partial charge in [-0.15, -0.1) is 12.4 Å². The van der Waals surface area contributed by atoms with Crippen LogP contribution in [0, 0.1) is 0 Å². The maximum absolute atomic E-state index is 6.18. The molecule has 0 unspecified atom stereocenters. The topological polar surface area (TPSA) is 21.3 Å². The van der Waals surface area contributed by atoms with Crippen LogP contribution in [0.5, 0.6) is 5.75 Å². The monoisotopic (exact) mass is 391 g/mol. The van der Waals surface area contributed by atoms with Crippen LogP contribution in [0.15, 0.2) is 60.2 Å². The second-order valence-corrected chi connectivity index (χ2v) is 7.00. The summed E-state index contributed by atoms with van der Waals surface area (Å²) in [6, 6.07) is 16.1. The zero-order valence-corrected chi connectivity index (χ0v) is 16.6. The normalized spacial score (nSPS) is 13.7. The van der Waals surface area contributed by atoms with Gasteiger partial charge in [-0.3, -0.25) is 0 Å². The van der Waals surface area contributed by atoms with Crippen LogP contribution in [0.1, 0.15) is 43.2 Å². The number of ether oxygens (including phenoxy) is 1. The molecular weight excluding hydrogens is 365 g/mol. The highest BCUT2D eigenvalue weighted by Crippen LogP contribution is 2.24. The van der Waals surface area contributed by atoms with E-state index in [2.05, 4.69) is 23.5 Å². The molecule has 0 radical (unpaired) electrons. The number of rotatable bonds is 8. The molecule has 0 bridgehead atoms. The molecule has 0 aliphatic heterocycles. The van der Waals surface area contributed by atoms with Crippen molar-refractivity contribution in [1.29, 1.82) is 0 Å². The smallest absolute Gasteiger partial charge is 0.124 e. The molecule has 0 fully saturated rings. The number of halogens is 2. The molecule has 2 aromatic rings. The first-order valence-electron chi connectivity index (χ1n) is 9.15. The average molecular weight is 392 g/mol. The number of allylic oxidation sites excluding steroid dienone is 1. The van der Waals surface area contributed by atoms with Crippen LogP contribution in [-0.2, 0) is 13.2 Å². The Kier molecular flexibility index (Phi) is 9.04. The molecule has 26 heavy (non-hydrogen) atoms. The molecule has 1 aliphatic rings. The summed E-state index contributed by atoms with van der Waals surface area (Å²) in [4.78, 5) is 0. The molecule has 0 atom stereocenters. The van der Waals surface area contributed by atoms with Crippen LogP contribution >= 0.6 is 24.0 Å². The van der Waals surface area contributed by atoms with Crippen LogP contribution in [0.25, 0.3) is 0 Å². The van der Waals surface area contributed by atoms with Crippen LogP contribution in [0.2, 0.25) is 5.02 Å². The fraction of sp³-hybridized carbons (Fsp3) is 0.364. The van der Waals surface area contributed by atoms with Gasteiger partial charge in [-0.1, -0.05) is 53.6 Å². The largest absolute Gasteiger partial charge is 0.489 e. The van der Waals surface area contributed by atoms with Crippen molar-refractivity contribution >= 4 is 24.0 Å². The van der Waals surface area contributed by atoms with Gasteiger partial charge in [-0.2, -0.15) is 0 Å². The first-order valence-corrected chi connectivity index (χ1v) is 9.53. The molecule has 3 rings (SSSR count). The van der Waals surface area contributed by atoms with Gasteiger partial charge in [0.15, 0.2) is 0 Å². The highest BCUT2D eigenvalue weighted by Gasteiger charge is 2.07. The van der Waals surface area contributed by atoms with Crippen molar-refractivity contribution in [2.45, 2.75) is 45.3 Å². The van der Waals surface area contributed by atoms with Crippen molar-refractivity contribution in [2.24, 2.45) is 0 Å². The first-order chi connectivity index (χ1) is 12.3. The molecular formula is C22H27Cl2NO. The van der Waals surface area contributed by atoms with E-state index in [1.807, 2.05) is 36.4 Å². The van der Waals surface area contributed by atoms with Gasteiger partial charge < -0.3 is 10.1 Å². The number of hydrogen-bond donors (Lipinski definition) is 1. The molecule has 2 aromatic carbocycles. The zero-order chi connectivity index (χ0) is 17.3. The Hall–Kier alpha value is -1.48. The minimum atomic E-state index is 0. The summed E-state index contributed by atoms with van der Waals surface area (Å²) >= 11 is 6.18. The second kappa shape index (κ2) is 11.3. The fourth-order valence-electron chi connectivity index (χ4n) is 3.17. The van der Waals surface area contributed by atoms with Gasteiger partial charge in [-0.25, -0.2) is 0 Å². The lowest BCUT2D eigenvalue weighted by Gasteiger charge is -2.15. The lowest BCUT2D eigenvalue weighted by molar-refractivity contribution is 0.302. The highest BCUT2D eigenvalue weighted by molar-refractivity contribution is 6.30. The lowest BCUT2D eigenvalue weighted by Crippen LogP contribution is -2.16. The minimum absolute atomic E-state index is 0. The minimum Gasteiger partial charge on any atom is -0.489 e. The molecule has 4 heteroatoms. The summed E-state index contributed by atoms with van der Waals surface area (Å²) in [6.07, 6.45) is 8.77. The third kappa shape index (κ3) is 6.68. The summed E-state index contributed by atoms with van der Waals surface area (Å²) < 4.78 is 6.02. The van der Waals surface area contributed by atoms with E-state index in [0.717, 1.165) is 35.8 Å². The predicted molar refractivity (Wildman–Crippen MR) is 112 cm³/mol. The van der Waals surface area contributed by atoms with E-state index in [9.17, 15) is 0 Å². The second-order valence-electron chi connectivity index (χ2n) is 6.56. The van der Waals surface area contributed by atoms with Gasteiger partial charge in [0.1, 0.15) is 12.4 Å². The third-order valence-corrected chi connectivity index (χ3v) is 4.82. The number of hydrogen-bond acceptors (Lipinski definition) is 2. The molecule has 0 saturated carbocycles. The van der Waals surface area contributed by atoms with E-state index in [0.29, 0.717) is 6.61 Å². The van der Waals surface area contributed by atoms with Gasteiger partial charge in [0.25, 0.3) is 0 Å². The number of nitrogens with one attached hydrogen (secondary N) is 1. The lowest BCUT2D eigenvalue weighted by atomic mass is 9.97. The molecule has 2 nitrogen and oxygen atoms in total. The van der Waals surface area contributed by atoms with Gasteiger partial charge in [0, 0.05) is 17.1 Å². The van der Waals surface area contributed by atoms with E-state index >= 15 is 0 Å². The van der Waals surface area contributed by atoms with Crippen LogP contribution in [0.3, 0.4) is 0 Å². The fourth-order valence-corrected chi connectivity index (χ4v) is 3.36. The quantitative estimate of drug-likeness (QED) is 0.419. The van der Waals surface area contributed by atoms with Gasteiger partial charge in [0.05, 0.1) is 0 Å². The molecule has 0 amide bonds. The number of benzene rings is 2. The Bertz CT molecular complexity index is 701. The molecule has 0 aromatic heterocycles.